The van der Waals surface area contributed by atoms with E-state index in [0.717, 1.165) is 32.4 Å². The number of amides is 1. The van der Waals surface area contributed by atoms with Crippen molar-refractivity contribution in [2.75, 3.05) is 20.2 Å². The second kappa shape index (κ2) is 9.33. The molecule has 1 amide bonds. The molecule has 1 atom stereocenters. The first-order valence-electron chi connectivity index (χ1n) is 7.32. The molecule has 0 unspecified atom stereocenters. The maximum Gasteiger partial charge on any atom is 0.326 e. The zero-order valence-corrected chi connectivity index (χ0v) is 12.4. The Labute approximate surface area is 124 Å². The van der Waals surface area contributed by atoms with Crippen LogP contribution >= 0.6 is 0 Å². The van der Waals surface area contributed by atoms with Gasteiger partial charge in [0.25, 0.3) is 0 Å². The number of carboxylic acid groups (broad SMARTS) is 1. The third-order valence-electron chi connectivity index (χ3n) is 3.74. The van der Waals surface area contributed by atoms with Crippen molar-refractivity contribution >= 4 is 17.8 Å². The molecule has 120 valence electrons. The Morgan fingerprint density at radius 1 is 1.29 bits per heavy atom. The molecule has 21 heavy (non-hydrogen) atoms. The van der Waals surface area contributed by atoms with Crippen molar-refractivity contribution in [1.29, 1.82) is 0 Å². The Bertz CT molecular complexity index is 366. The number of rotatable bonds is 8. The number of nitrogens with one attached hydrogen (secondary N) is 2. The van der Waals surface area contributed by atoms with E-state index >= 15 is 0 Å². The van der Waals surface area contributed by atoms with Crippen LogP contribution in [0.2, 0.25) is 0 Å². The molecule has 1 rings (SSSR count). The first-order valence-corrected chi connectivity index (χ1v) is 7.32. The van der Waals surface area contributed by atoms with Gasteiger partial charge < -0.3 is 20.5 Å². The maximum absolute atomic E-state index is 11.8. The van der Waals surface area contributed by atoms with Crippen molar-refractivity contribution in [3.8, 4) is 0 Å². The predicted octanol–water partition coefficient (Wildman–Crippen LogP) is 0.289. The number of piperidine rings is 1. The van der Waals surface area contributed by atoms with Crippen LogP contribution in [0.3, 0.4) is 0 Å². The quantitative estimate of drug-likeness (QED) is 0.556. The van der Waals surface area contributed by atoms with Crippen LogP contribution in [-0.2, 0) is 19.1 Å². The molecule has 1 aliphatic rings. The van der Waals surface area contributed by atoms with Gasteiger partial charge in [-0.25, -0.2) is 4.79 Å². The van der Waals surface area contributed by atoms with Crippen LogP contribution in [0.4, 0.5) is 0 Å². The van der Waals surface area contributed by atoms with E-state index in [9.17, 15) is 14.4 Å². The fraction of sp³-hybridized carbons (Fsp3) is 0.786. The van der Waals surface area contributed by atoms with Gasteiger partial charge in [-0.15, -0.1) is 0 Å². The highest BCUT2D eigenvalue weighted by Gasteiger charge is 2.22. The number of aliphatic carboxylic acids is 1. The zero-order valence-electron chi connectivity index (χ0n) is 12.4. The highest BCUT2D eigenvalue weighted by Crippen LogP contribution is 2.17. The van der Waals surface area contributed by atoms with Gasteiger partial charge in [0.1, 0.15) is 6.04 Å². The average Bonchev–Trinajstić information content (AvgIpc) is 2.49. The van der Waals surface area contributed by atoms with Gasteiger partial charge in [0.15, 0.2) is 0 Å². The van der Waals surface area contributed by atoms with Crippen LogP contribution in [-0.4, -0.2) is 49.2 Å². The van der Waals surface area contributed by atoms with Gasteiger partial charge in [0.05, 0.1) is 7.11 Å². The normalized spacial score (nSPS) is 17.0. The van der Waals surface area contributed by atoms with Crippen LogP contribution in [0.25, 0.3) is 0 Å². The fourth-order valence-corrected chi connectivity index (χ4v) is 2.39. The number of carbonyl (C=O) groups is 3. The first kappa shape index (κ1) is 17.4. The topological polar surface area (TPSA) is 105 Å². The number of esters is 1. The van der Waals surface area contributed by atoms with Crippen LogP contribution < -0.4 is 10.6 Å². The number of methoxy groups -OCH3 is 1. The lowest BCUT2D eigenvalue weighted by Crippen LogP contribution is -2.41. The van der Waals surface area contributed by atoms with E-state index in [2.05, 4.69) is 15.4 Å². The molecule has 0 spiro atoms. The first-order chi connectivity index (χ1) is 10.0. The molecule has 7 nitrogen and oxygen atoms in total. The monoisotopic (exact) mass is 300 g/mol. The van der Waals surface area contributed by atoms with E-state index in [4.69, 9.17) is 5.11 Å². The summed E-state index contributed by atoms with van der Waals surface area (Å²) in [7, 11) is 1.25. The molecule has 0 saturated carbocycles. The van der Waals surface area contributed by atoms with Gasteiger partial charge in [-0.1, -0.05) is 0 Å². The Kier molecular flexibility index (Phi) is 7.74. The third kappa shape index (κ3) is 7.08. The highest BCUT2D eigenvalue weighted by molar-refractivity contribution is 5.84. The summed E-state index contributed by atoms with van der Waals surface area (Å²) in [5.41, 5.74) is 0. The molecular weight excluding hydrogens is 276 g/mol. The van der Waals surface area contributed by atoms with Crippen molar-refractivity contribution < 1.29 is 24.2 Å². The second-order valence-electron chi connectivity index (χ2n) is 5.31. The van der Waals surface area contributed by atoms with Crippen LogP contribution in [0.5, 0.6) is 0 Å². The summed E-state index contributed by atoms with van der Waals surface area (Å²) in [6.45, 7) is 1.95. The van der Waals surface area contributed by atoms with Crippen molar-refractivity contribution in [3.05, 3.63) is 0 Å². The van der Waals surface area contributed by atoms with Crippen LogP contribution in [0.1, 0.15) is 38.5 Å². The number of carbonyl (C=O) groups excluding carboxylic acids is 2. The van der Waals surface area contributed by atoms with E-state index in [-0.39, 0.29) is 18.7 Å². The zero-order chi connectivity index (χ0) is 15.7. The lowest BCUT2D eigenvalue weighted by molar-refractivity contribution is -0.144. The van der Waals surface area contributed by atoms with E-state index in [1.54, 1.807) is 0 Å². The molecule has 1 saturated heterocycles. The molecule has 1 aliphatic heterocycles. The smallest absolute Gasteiger partial charge is 0.326 e. The summed E-state index contributed by atoms with van der Waals surface area (Å²) in [5, 5.41) is 14.8. The second-order valence-corrected chi connectivity index (χ2v) is 5.31. The Morgan fingerprint density at radius 2 is 1.95 bits per heavy atom. The minimum absolute atomic E-state index is 0.0258. The number of ether oxygens (including phenoxy) is 1. The molecule has 0 aromatic heterocycles. The highest BCUT2D eigenvalue weighted by atomic mass is 16.5. The summed E-state index contributed by atoms with van der Waals surface area (Å²) in [4.78, 5) is 33.9. The molecule has 0 aromatic rings. The summed E-state index contributed by atoms with van der Waals surface area (Å²) < 4.78 is 4.46. The summed E-state index contributed by atoms with van der Waals surface area (Å²) in [6, 6.07) is -1.04. The summed E-state index contributed by atoms with van der Waals surface area (Å²) >= 11 is 0. The van der Waals surface area contributed by atoms with Gasteiger partial charge in [0.2, 0.25) is 5.91 Å². The van der Waals surface area contributed by atoms with Gasteiger partial charge in [-0.3, -0.25) is 9.59 Å². The molecule has 0 aromatic carbocycles. The number of hydrogen-bond acceptors (Lipinski definition) is 5. The van der Waals surface area contributed by atoms with E-state index in [0.29, 0.717) is 12.3 Å². The molecule has 7 heteroatoms. The third-order valence-corrected chi connectivity index (χ3v) is 3.74. The molecular formula is C14H24N2O5. The molecule has 3 N–H and O–H groups in total. The standard InChI is InChI=1S/C14H24N2O5/c1-21-13(18)5-3-11(14(19)20)16-12(17)4-2-10-6-8-15-9-7-10/h10-11,15H,2-9H2,1H3,(H,16,17)(H,19,20)/t11-/m1/s1. The van der Waals surface area contributed by atoms with E-state index in [1.807, 2.05) is 0 Å². The molecule has 0 aliphatic carbocycles. The Morgan fingerprint density at radius 3 is 2.52 bits per heavy atom. The van der Waals surface area contributed by atoms with Gasteiger partial charge in [-0.2, -0.15) is 0 Å². The minimum atomic E-state index is -1.13. The van der Waals surface area contributed by atoms with Gasteiger partial charge in [0, 0.05) is 12.8 Å². The largest absolute Gasteiger partial charge is 0.480 e. The molecule has 0 radical (unpaired) electrons. The fourth-order valence-electron chi connectivity index (χ4n) is 2.39. The van der Waals surface area contributed by atoms with Gasteiger partial charge >= 0.3 is 11.9 Å². The van der Waals surface area contributed by atoms with Crippen LogP contribution in [0, 0.1) is 5.92 Å². The Balaban J connectivity index is 2.30. The van der Waals surface area contributed by atoms with E-state index in [1.165, 1.54) is 7.11 Å². The van der Waals surface area contributed by atoms with Crippen molar-refractivity contribution in [1.82, 2.24) is 10.6 Å². The maximum atomic E-state index is 11.8. The predicted molar refractivity (Wildman–Crippen MR) is 75.6 cm³/mol. The number of hydrogen-bond donors (Lipinski definition) is 3. The summed E-state index contributed by atoms with van der Waals surface area (Å²) in [6.07, 6.45) is 3.22. The molecule has 1 heterocycles. The van der Waals surface area contributed by atoms with Crippen molar-refractivity contribution in [3.63, 3.8) is 0 Å². The SMILES string of the molecule is COC(=O)CC[C@@H](NC(=O)CCC1CCNCC1)C(=O)O. The average molecular weight is 300 g/mol. The van der Waals surface area contributed by atoms with Gasteiger partial charge in [-0.05, 0) is 44.7 Å². The lowest BCUT2D eigenvalue weighted by Gasteiger charge is -2.22. The van der Waals surface area contributed by atoms with Crippen molar-refractivity contribution in [2.24, 2.45) is 5.92 Å². The van der Waals surface area contributed by atoms with Crippen LogP contribution in [0.15, 0.2) is 0 Å². The van der Waals surface area contributed by atoms with Crippen molar-refractivity contribution in [2.45, 2.75) is 44.6 Å². The Hall–Kier alpha value is -1.63. The minimum Gasteiger partial charge on any atom is -0.480 e. The molecule has 0 bridgehead atoms. The summed E-state index contributed by atoms with van der Waals surface area (Å²) in [5.74, 6) is -1.36. The molecule has 1 fully saturated rings. The lowest BCUT2D eigenvalue weighted by atomic mass is 9.93. The van der Waals surface area contributed by atoms with E-state index < -0.39 is 18.0 Å². The number of carboxylic acids is 1.